The maximum atomic E-state index is 9.28. The monoisotopic (exact) mass is 544 g/mol. The average molecular weight is 545 g/mol. The Morgan fingerprint density at radius 1 is 0.524 bits per heavy atom. The van der Waals surface area contributed by atoms with Gasteiger partial charge < -0.3 is 0 Å². The van der Waals surface area contributed by atoms with Gasteiger partial charge in [-0.1, -0.05) is 91.0 Å². The molecule has 204 valence electrons. The van der Waals surface area contributed by atoms with Crippen LogP contribution < -0.4 is 0 Å². The molecule has 0 unspecified atom stereocenters. The SMILES string of the molecule is N#Cc1ccc(-c2ccccc2-c2nc(-c3ccccc3)nc(-c3ccc(C45CC6CC(CC(C6)C4)C5)cc3)n2)cc1. The predicted molar refractivity (Wildman–Crippen MR) is 166 cm³/mol. The van der Waals surface area contributed by atoms with E-state index in [2.05, 4.69) is 42.5 Å². The molecular weight excluding hydrogens is 512 g/mol. The van der Waals surface area contributed by atoms with Crippen molar-refractivity contribution in [1.82, 2.24) is 15.0 Å². The van der Waals surface area contributed by atoms with Gasteiger partial charge in [0.2, 0.25) is 0 Å². The number of nitrogens with zero attached hydrogens (tertiary/aromatic N) is 4. The largest absolute Gasteiger partial charge is 0.208 e. The van der Waals surface area contributed by atoms with Gasteiger partial charge in [-0.3, -0.25) is 0 Å². The summed E-state index contributed by atoms with van der Waals surface area (Å²) in [4.78, 5) is 15.0. The Labute approximate surface area is 247 Å². The van der Waals surface area contributed by atoms with E-state index in [1.807, 2.05) is 66.7 Å². The summed E-state index contributed by atoms with van der Waals surface area (Å²) in [6, 6.07) is 37.4. The van der Waals surface area contributed by atoms with E-state index in [0.29, 0.717) is 28.5 Å². The smallest absolute Gasteiger partial charge is 0.164 e. The number of benzene rings is 4. The van der Waals surface area contributed by atoms with Gasteiger partial charge in [-0.2, -0.15) is 5.26 Å². The van der Waals surface area contributed by atoms with Crippen LogP contribution in [0.5, 0.6) is 0 Å². The predicted octanol–water partition coefficient (Wildman–Crippen LogP) is 8.88. The first-order valence-electron chi connectivity index (χ1n) is 15.2. The van der Waals surface area contributed by atoms with Crippen molar-refractivity contribution in [2.24, 2.45) is 17.8 Å². The van der Waals surface area contributed by atoms with Gasteiger partial charge in [0.15, 0.2) is 17.5 Å². The first-order chi connectivity index (χ1) is 20.7. The molecule has 0 amide bonds. The molecule has 0 spiro atoms. The van der Waals surface area contributed by atoms with Crippen molar-refractivity contribution in [2.45, 2.75) is 43.9 Å². The second-order valence-corrected chi connectivity index (χ2v) is 12.7. The standard InChI is InChI=1S/C38H32N4/c39-24-25-10-12-29(13-11-25)33-8-4-5-9-34(33)37-41-35(30-6-2-1-3-7-30)40-36(42-37)31-14-16-32(17-15-31)38-21-26-18-27(22-38)20-28(19-26)23-38/h1-17,26-28H,18-23H2. The molecule has 4 nitrogen and oxygen atoms in total. The Morgan fingerprint density at radius 3 is 1.62 bits per heavy atom. The number of rotatable bonds is 5. The molecule has 0 radical (unpaired) electrons. The zero-order chi connectivity index (χ0) is 28.1. The maximum absolute atomic E-state index is 9.28. The molecule has 42 heavy (non-hydrogen) atoms. The van der Waals surface area contributed by atoms with Crippen molar-refractivity contribution >= 4 is 0 Å². The molecule has 0 saturated heterocycles. The van der Waals surface area contributed by atoms with Gasteiger partial charge in [-0.05, 0) is 90.5 Å². The van der Waals surface area contributed by atoms with E-state index in [1.54, 1.807) is 0 Å². The fraction of sp³-hybridized carbons (Fsp3) is 0.263. The number of hydrogen-bond donors (Lipinski definition) is 0. The van der Waals surface area contributed by atoms with Crippen LogP contribution in [0, 0.1) is 29.1 Å². The lowest BCUT2D eigenvalue weighted by atomic mass is 9.48. The second kappa shape index (κ2) is 10.0. The molecular formula is C38H32N4. The fourth-order valence-electron chi connectivity index (χ4n) is 8.43. The Hall–Kier alpha value is -4.62. The topological polar surface area (TPSA) is 62.5 Å². The van der Waals surface area contributed by atoms with E-state index in [0.717, 1.165) is 45.6 Å². The van der Waals surface area contributed by atoms with Crippen LogP contribution in [0.4, 0.5) is 0 Å². The number of hydrogen-bond acceptors (Lipinski definition) is 4. The molecule has 1 heterocycles. The minimum Gasteiger partial charge on any atom is -0.208 e. The van der Waals surface area contributed by atoms with E-state index >= 15 is 0 Å². The Balaban J connectivity index is 1.21. The lowest BCUT2D eigenvalue weighted by molar-refractivity contribution is -0.00518. The van der Waals surface area contributed by atoms with Crippen molar-refractivity contribution in [2.75, 3.05) is 0 Å². The van der Waals surface area contributed by atoms with E-state index in [9.17, 15) is 5.26 Å². The fourth-order valence-corrected chi connectivity index (χ4v) is 8.43. The highest BCUT2D eigenvalue weighted by atomic mass is 15.0. The maximum Gasteiger partial charge on any atom is 0.164 e. The van der Waals surface area contributed by atoms with Crippen molar-refractivity contribution in [3.8, 4) is 51.4 Å². The lowest BCUT2D eigenvalue weighted by Crippen LogP contribution is -2.48. The third-order valence-corrected chi connectivity index (χ3v) is 9.95. The first kappa shape index (κ1) is 25.1. The summed E-state index contributed by atoms with van der Waals surface area (Å²) in [5, 5.41) is 9.28. The first-order valence-corrected chi connectivity index (χ1v) is 15.2. The van der Waals surface area contributed by atoms with Gasteiger partial charge in [0.25, 0.3) is 0 Å². The molecule has 5 aromatic rings. The van der Waals surface area contributed by atoms with Gasteiger partial charge in [-0.15, -0.1) is 0 Å². The van der Waals surface area contributed by atoms with E-state index in [1.165, 1.54) is 44.1 Å². The van der Waals surface area contributed by atoms with Gasteiger partial charge in [0.05, 0.1) is 11.6 Å². The number of aromatic nitrogens is 3. The third kappa shape index (κ3) is 4.41. The van der Waals surface area contributed by atoms with Gasteiger partial charge in [0, 0.05) is 16.7 Å². The van der Waals surface area contributed by atoms with Crippen LogP contribution in [-0.2, 0) is 5.41 Å². The molecule has 1 aromatic heterocycles. The Morgan fingerprint density at radius 2 is 1.02 bits per heavy atom. The van der Waals surface area contributed by atoms with Gasteiger partial charge >= 0.3 is 0 Å². The number of nitriles is 1. The summed E-state index contributed by atoms with van der Waals surface area (Å²) in [5.41, 5.74) is 7.48. The lowest BCUT2D eigenvalue weighted by Gasteiger charge is -2.57. The van der Waals surface area contributed by atoms with Crippen LogP contribution in [0.2, 0.25) is 0 Å². The second-order valence-electron chi connectivity index (χ2n) is 12.7. The van der Waals surface area contributed by atoms with Crippen LogP contribution in [0.25, 0.3) is 45.3 Å². The summed E-state index contributed by atoms with van der Waals surface area (Å²) in [6.07, 6.45) is 8.45. The van der Waals surface area contributed by atoms with Crippen LogP contribution in [0.1, 0.15) is 49.7 Å². The summed E-state index contributed by atoms with van der Waals surface area (Å²) in [5.74, 6) is 4.76. The van der Waals surface area contributed by atoms with Gasteiger partial charge in [0.1, 0.15) is 0 Å². The molecule has 4 saturated carbocycles. The zero-order valence-corrected chi connectivity index (χ0v) is 23.6. The van der Waals surface area contributed by atoms with E-state index in [-0.39, 0.29) is 0 Å². The molecule has 4 fully saturated rings. The third-order valence-electron chi connectivity index (χ3n) is 9.95. The summed E-state index contributed by atoms with van der Waals surface area (Å²) >= 11 is 0. The summed E-state index contributed by atoms with van der Waals surface area (Å²) < 4.78 is 0. The molecule has 4 bridgehead atoms. The summed E-state index contributed by atoms with van der Waals surface area (Å²) in [7, 11) is 0. The molecule has 0 atom stereocenters. The van der Waals surface area contributed by atoms with Crippen LogP contribution in [-0.4, -0.2) is 15.0 Å². The minimum atomic E-state index is 0.368. The highest BCUT2D eigenvalue weighted by Gasteiger charge is 2.51. The quantitative estimate of drug-likeness (QED) is 0.222. The van der Waals surface area contributed by atoms with Crippen molar-refractivity contribution in [3.63, 3.8) is 0 Å². The molecule has 9 rings (SSSR count). The molecule has 4 aromatic carbocycles. The molecule has 0 N–H and O–H groups in total. The van der Waals surface area contributed by atoms with Crippen molar-refractivity contribution in [1.29, 1.82) is 5.26 Å². The Kier molecular flexibility index (Phi) is 6.00. The van der Waals surface area contributed by atoms with Crippen molar-refractivity contribution in [3.05, 3.63) is 114 Å². The van der Waals surface area contributed by atoms with E-state index < -0.39 is 0 Å². The molecule has 4 aliphatic rings. The molecule has 4 heteroatoms. The molecule has 0 aliphatic heterocycles. The molecule has 4 aliphatic carbocycles. The van der Waals surface area contributed by atoms with Crippen LogP contribution in [0.3, 0.4) is 0 Å². The van der Waals surface area contributed by atoms with Crippen LogP contribution in [0.15, 0.2) is 103 Å². The highest BCUT2D eigenvalue weighted by molar-refractivity contribution is 5.82. The van der Waals surface area contributed by atoms with Crippen molar-refractivity contribution < 1.29 is 0 Å². The Bertz CT molecular complexity index is 1760. The van der Waals surface area contributed by atoms with Crippen LogP contribution >= 0.6 is 0 Å². The van der Waals surface area contributed by atoms with E-state index in [4.69, 9.17) is 15.0 Å². The minimum absolute atomic E-state index is 0.368. The normalized spacial score (nSPS) is 23.9. The summed E-state index contributed by atoms with van der Waals surface area (Å²) in [6.45, 7) is 0. The van der Waals surface area contributed by atoms with Gasteiger partial charge in [-0.25, -0.2) is 15.0 Å². The average Bonchev–Trinajstić information content (AvgIpc) is 3.04. The highest BCUT2D eigenvalue weighted by Crippen LogP contribution is 2.60. The zero-order valence-electron chi connectivity index (χ0n) is 23.6.